The maximum Gasteiger partial charge on any atom is 1.00 e. The Hall–Kier alpha value is 1.51. The van der Waals surface area contributed by atoms with Gasteiger partial charge < -0.3 is 9.66 Å². The van der Waals surface area contributed by atoms with Crippen molar-refractivity contribution in [2.24, 2.45) is 0 Å². The molecule has 2 atom stereocenters. The van der Waals surface area contributed by atoms with Gasteiger partial charge >= 0.3 is 51.4 Å². The van der Waals surface area contributed by atoms with Crippen LogP contribution in [0.4, 0.5) is 0 Å². The summed E-state index contributed by atoms with van der Waals surface area (Å²) in [7, 11) is -4.09. The minimum absolute atomic E-state index is 0. The maximum absolute atomic E-state index is 10.7. The van der Waals surface area contributed by atoms with E-state index in [0.717, 1.165) is 51.4 Å². The van der Waals surface area contributed by atoms with E-state index in [1.54, 1.807) is 0 Å². The molecule has 23 heavy (non-hydrogen) atoms. The van der Waals surface area contributed by atoms with Gasteiger partial charge in [-0.2, -0.15) is 0 Å². The molecule has 0 aromatic heterocycles. The van der Waals surface area contributed by atoms with E-state index in [9.17, 15) is 18.1 Å². The minimum atomic E-state index is -4.09. The first-order valence-electron chi connectivity index (χ1n) is 9.00. The molecule has 0 aliphatic rings. The average Bonchev–Trinajstić information content (AvgIpc) is 2.45. The number of aliphatic hydroxyl groups is 1. The SMILES string of the molecule is CCCCC(O)CCCCCCCCCCC(C)S(=O)(=O)[O-].[K+]. The van der Waals surface area contributed by atoms with Crippen molar-refractivity contribution < 1.29 is 69.5 Å². The fraction of sp³-hybridized carbons (Fsp3) is 1.00. The van der Waals surface area contributed by atoms with Crippen molar-refractivity contribution in [1.82, 2.24) is 0 Å². The van der Waals surface area contributed by atoms with E-state index in [1.807, 2.05) is 0 Å². The monoisotopic (exact) mass is 374 g/mol. The van der Waals surface area contributed by atoms with Crippen LogP contribution in [0.1, 0.15) is 97.3 Å². The first-order chi connectivity index (χ1) is 10.4. The van der Waals surface area contributed by atoms with Crippen LogP contribution in [0.25, 0.3) is 0 Å². The van der Waals surface area contributed by atoms with Gasteiger partial charge in [0.15, 0.2) is 0 Å². The van der Waals surface area contributed by atoms with Gasteiger partial charge in [-0.3, -0.25) is 0 Å². The van der Waals surface area contributed by atoms with Crippen LogP contribution < -0.4 is 51.4 Å². The third-order valence-electron chi connectivity index (χ3n) is 4.28. The second kappa shape index (κ2) is 16.9. The van der Waals surface area contributed by atoms with Crippen molar-refractivity contribution in [3.8, 4) is 0 Å². The third kappa shape index (κ3) is 18.1. The maximum atomic E-state index is 10.7. The van der Waals surface area contributed by atoms with E-state index < -0.39 is 15.4 Å². The van der Waals surface area contributed by atoms with Crippen LogP contribution in [0.15, 0.2) is 0 Å². The zero-order valence-electron chi connectivity index (χ0n) is 15.4. The topological polar surface area (TPSA) is 77.4 Å². The molecule has 0 heterocycles. The zero-order chi connectivity index (χ0) is 16.8. The first-order valence-corrected chi connectivity index (χ1v) is 10.5. The number of hydrogen-bond donors (Lipinski definition) is 1. The Morgan fingerprint density at radius 1 is 0.826 bits per heavy atom. The smallest absolute Gasteiger partial charge is 0.748 e. The van der Waals surface area contributed by atoms with Crippen LogP contribution in [0.5, 0.6) is 0 Å². The van der Waals surface area contributed by atoms with E-state index in [2.05, 4.69) is 6.92 Å². The molecule has 4 nitrogen and oxygen atoms in total. The van der Waals surface area contributed by atoms with Gasteiger partial charge in [0.25, 0.3) is 0 Å². The van der Waals surface area contributed by atoms with E-state index >= 15 is 0 Å². The second-order valence-corrected chi connectivity index (χ2v) is 8.30. The van der Waals surface area contributed by atoms with Crippen LogP contribution in [-0.2, 0) is 10.1 Å². The fourth-order valence-electron chi connectivity index (χ4n) is 2.60. The Morgan fingerprint density at radius 2 is 1.22 bits per heavy atom. The van der Waals surface area contributed by atoms with Gasteiger partial charge in [-0.25, -0.2) is 8.42 Å². The van der Waals surface area contributed by atoms with Gasteiger partial charge in [0.1, 0.15) is 0 Å². The molecular formula is C17H35KO4S. The number of aliphatic hydroxyl groups excluding tert-OH is 1. The van der Waals surface area contributed by atoms with Gasteiger partial charge in [0, 0.05) is 5.25 Å². The molecule has 0 aliphatic heterocycles. The fourth-order valence-corrected chi connectivity index (χ4v) is 3.06. The minimum Gasteiger partial charge on any atom is -0.748 e. The second-order valence-electron chi connectivity index (χ2n) is 6.51. The van der Waals surface area contributed by atoms with Gasteiger partial charge in [-0.05, 0) is 26.2 Å². The van der Waals surface area contributed by atoms with Crippen LogP contribution in [-0.4, -0.2) is 29.4 Å². The van der Waals surface area contributed by atoms with Gasteiger partial charge in [-0.1, -0.05) is 71.1 Å². The van der Waals surface area contributed by atoms with E-state index in [1.165, 1.54) is 32.6 Å². The summed E-state index contributed by atoms with van der Waals surface area (Å²) < 4.78 is 32.2. The molecule has 134 valence electrons. The Bertz CT molecular complexity index is 347. The Labute approximate surface area is 186 Å². The molecule has 1 N–H and O–H groups in total. The summed E-state index contributed by atoms with van der Waals surface area (Å²) in [5.41, 5.74) is 0. The predicted octanol–water partition coefficient (Wildman–Crippen LogP) is 1.38. The van der Waals surface area contributed by atoms with E-state index in [4.69, 9.17) is 0 Å². The van der Waals surface area contributed by atoms with Crippen molar-refractivity contribution in [2.75, 3.05) is 0 Å². The predicted molar refractivity (Wildman–Crippen MR) is 90.9 cm³/mol. The molecule has 0 saturated heterocycles. The molecule has 0 aliphatic carbocycles. The Balaban J connectivity index is 0. The molecule has 2 unspecified atom stereocenters. The molecule has 0 rings (SSSR count). The molecule has 0 bridgehead atoms. The molecule has 0 aromatic carbocycles. The van der Waals surface area contributed by atoms with Gasteiger partial charge in [0.05, 0.1) is 16.2 Å². The molecular weight excluding hydrogens is 339 g/mol. The molecule has 0 saturated carbocycles. The summed E-state index contributed by atoms with van der Waals surface area (Å²) in [6.07, 6.45) is 13.4. The summed E-state index contributed by atoms with van der Waals surface area (Å²) in [4.78, 5) is 0. The van der Waals surface area contributed by atoms with Crippen molar-refractivity contribution >= 4 is 10.1 Å². The van der Waals surface area contributed by atoms with E-state index in [0.29, 0.717) is 6.42 Å². The van der Waals surface area contributed by atoms with Crippen LogP contribution in [0, 0.1) is 0 Å². The van der Waals surface area contributed by atoms with Crippen LogP contribution in [0.3, 0.4) is 0 Å². The van der Waals surface area contributed by atoms with Crippen molar-refractivity contribution in [1.29, 1.82) is 0 Å². The molecule has 6 heteroatoms. The van der Waals surface area contributed by atoms with Crippen LogP contribution >= 0.6 is 0 Å². The molecule has 0 amide bonds. The molecule has 0 radical (unpaired) electrons. The normalized spacial score (nSPS) is 14.3. The summed E-state index contributed by atoms with van der Waals surface area (Å²) in [5, 5.41) is 8.97. The molecule has 0 aromatic rings. The number of unbranched alkanes of at least 4 members (excludes halogenated alkanes) is 8. The Kier molecular flexibility index (Phi) is 19.7. The van der Waals surface area contributed by atoms with Gasteiger partial charge in [-0.15, -0.1) is 0 Å². The third-order valence-corrected chi connectivity index (χ3v) is 5.50. The molecule has 0 fully saturated rings. The largest absolute Gasteiger partial charge is 1.00 e. The van der Waals surface area contributed by atoms with Crippen molar-refractivity contribution in [3.05, 3.63) is 0 Å². The molecule has 0 spiro atoms. The van der Waals surface area contributed by atoms with Crippen molar-refractivity contribution in [3.63, 3.8) is 0 Å². The summed E-state index contributed by atoms with van der Waals surface area (Å²) >= 11 is 0. The van der Waals surface area contributed by atoms with Gasteiger partial charge in [0.2, 0.25) is 0 Å². The first kappa shape index (κ1) is 26.7. The quantitative estimate of drug-likeness (QED) is 0.267. The average molecular weight is 375 g/mol. The summed E-state index contributed by atoms with van der Waals surface area (Å²) in [6.45, 7) is 3.64. The van der Waals surface area contributed by atoms with Crippen LogP contribution in [0.2, 0.25) is 0 Å². The Morgan fingerprint density at radius 3 is 1.65 bits per heavy atom. The standard InChI is InChI=1S/C17H36O4S.K/c1-3-4-14-17(18)15-12-10-8-6-5-7-9-11-13-16(2)22(19,20)21;/h16-18H,3-15H2,1-2H3,(H,19,20,21);/q;+1/p-1. The summed E-state index contributed by atoms with van der Waals surface area (Å²) in [5.74, 6) is 0. The van der Waals surface area contributed by atoms with Crippen molar-refractivity contribution in [2.45, 2.75) is 109 Å². The zero-order valence-corrected chi connectivity index (χ0v) is 19.4. The summed E-state index contributed by atoms with van der Waals surface area (Å²) in [6, 6.07) is 0. The van der Waals surface area contributed by atoms with E-state index in [-0.39, 0.29) is 57.5 Å². The number of hydrogen-bond acceptors (Lipinski definition) is 4. The number of rotatable bonds is 15.